The summed E-state index contributed by atoms with van der Waals surface area (Å²) in [5.41, 5.74) is 3.55. The molecule has 3 aromatic rings. The third-order valence-corrected chi connectivity index (χ3v) is 4.81. The fourth-order valence-corrected chi connectivity index (χ4v) is 3.58. The van der Waals surface area contributed by atoms with E-state index in [4.69, 9.17) is 0 Å². The van der Waals surface area contributed by atoms with Crippen molar-refractivity contribution in [2.24, 2.45) is 0 Å². The lowest BCUT2D eigenvalue weighted by Gasteiger charge is -2.09. The maximum atomic E-state index is 12.7. The van der Waals surface area contributed by atoms with Crippen LogP contribution >= 0.6 is 11.3 Å². The Hall–Kier alpha value is -2.47. The molecule has 1 N–H and O–H groups in total. The number of carbonyl (C=O) groups excluding carboxylic acids is 1. The zero-order valence-electron chi connectivity index (χ0n) is 13.9. The average Bonchev–Trinajstić information content (AvgIpc) is 2.96. The summed E-state index contributed by atoms with van der Waals surface area (Å²) in [5, 5.41) is 4.68. The fourth-order valence-electron chi connectivity index (χ4n) is 2.57. The summed E-state index contributed by atoms with van der Waals surface area (Å²) in [4.78, 5) is 30.2. The van der Waals surface area contributed by atoms with Crippen LogP contribution in [0.1, 0.15) is 29.4 Å². The van der Waals surface area contributed by atoms with Gasteiger partial charge in [-0.1, -0.05) is 36.8 Å². The molecule has 2 aromatic heterocycles. The predicted molar refractivity (Wildman–Crippen MR) is 97.0 cm³/mol. The van der Waals surface area contributed by atoms with E-state index in [9.17, 15) is 9.59 Å². The van der Waals surface area contributed by atoms with E-state index in [1.807, 2.05) is 43.5 Å². The highest BCUT2D eigenvalue weighted by molar-refractivity contribution is 7.15. The molecule has 3 rings (SSSR count). The summed E-state index contributed by atoms with van der Waals surface area (Å²) in [7, 11) is 0. The SMILES string of the molecule is CCc1csc2nc(C)c(NC(=O)Cc3ccc(C)cc3)c(=O)n12. The van der Waals surface area contributed by atoms with Crippen LogP contribution < -0.4 is 10.9 Å². The highest BCUT2D eigenvalue weighted by Gasteiger charge is 2.15. The molecule has 0 spiro atoms. The second kappa shape index (κ2) is 6.57. The second-order valence-corrected chi connectivity index (χ2v) is 6.62. The Kier molecular flexibility index (Phi) is 4.49. The Labute approximate surface area is 144 Å². The van der Waals surface area contributed by atoms with Gasteiger partial charge in [-0.25, -0.2) is 4.98 Å². The van der Waals surface area contributed by atoms with Crippen molar-refractivity contribution >= 4 is 27.9 Å². The summed E-state index contributed by atoms with van der Waals surface area (Å²) in [5.74, 6) is -0.214. The quantitative estimate of drug-likeness (QED) is 0.793. The Balaban J connectivity index is 1.90. The first kappa shape index (κ1) is 16.4. The van der Waals surface area contributed by atoms with Crippen LogP contribution in [0.25, 0.3) is 4.96 Å². The van der Waals surface area contributed by atoms with Crippen LogP contribution in [0.2, 0.25) is 0 Å². The number of aryl methyl sites for hydroxylation is 3. The van der Waals surface area contributed by atoms with Crippen molar-refractivity contribution in [2.75, 3.05) is 5.32 Å². The number of benzene rings is 1. The Morgan fingerprint density at radius 3 is 2.62 bits per heavy atom. The van der Waals surface area contributed by atoms with Gasteiger partial charge in [-0.2, -0.15) is 0 Å². The first-order valence-electron chi connectivity index (χ1n) is 7.84. The van der Waals surface area contributed by atoms with Crippen LogP contribution in [-0.2, 0) is 17.6 Å². The number of nitrogens with one attached hydrogen (secondary N) is 1. The molecule has 0 aliphatic rings. The lowest BCUT2D eigenvalue weighted by atomic mass is 10.1. The van der Waals surface area contributed by atoms with Crippen molar-refractivity contribution in [3.63, 3.8) is 0 Å². The summed E-state index contributed by atoms with van der Waals surface area (Å²) < 4.78 is 1.58. The van der Waals surface area contributed by atoms with E-state index in [0.717, 1.165) is 23.2 Å². The summed E-state index contributed by atoms with van der Waals surface area (Å²) >= 11 is 1.44. The van der Waals surface area contributed by atoms with Crippen LogP contribution in [0.5, 0.6) is 0 Å². The third-order valence-electron chi connectivity index (χ3n) is 3.93. The molecule has 1 amide bonds. The smallest absolute Gasteiger partial charge is 0.282 e. The van der Waals surface area contributed by atoms with Crippen molar-refractivity contribution in [3.8, 4) is 0 Å². The van der Waals surface area contributed by atoms with Gasteiger partial charge in [-0.3, -0.25) is 14.0 Å². The number of anilines is 1. The molecular formula is C18H19N3O2S. The number of hydrogen-bond donors (Lipinski definition) is 1. The Morgan fingerprint density at radius 1 is 1.25 bits per heavy atom. The van der Waals surface area contributed by atoms with E-state index >= 15 is 0 Å². The molecule has 0 radical (unpaired) electrons. The molecular weight excluding hydrogens is 322 g/mol. The van der Waals surface area contributed by atoms with Crippen molar-refractivity contribution in [3.05, 3.63) is 62.5 Å². The lowest BCUT2D eigenvalue weighted by Crippen LogP contribution is -2.26. The number of aromatic nitrogens is 2. The van der Waals surface area contributed by atoms with Gasteiger partial charge in [-0.05, 0) is 25.8 Å². The number of carbonyl (C=O) groups is 1. The average molecular weight is 341 g/mol. The number of hydrogen-bond acceptors (Lipinski definition) is 4. The van der Waals surface area contributed by atoms with Gasteiger partial charge >= 0.3 is 0 Å². The van der Waals surface area contributed by atoms with Gasteiger partial charge in [0.1, 0.15) is 5.69 Å². The number of amides is 1. The van der Waals surface area contributed by atoms with E-state index < -0.39 is 0 Å². The maximum absolute atomic E-state index is 12.7. The standard InChI is InChI=1S/C18H19N3O2S/c1-4-14-10-24-18-19-12(3)16(17(23)21(14)18)20-15(22)9-13-7-5-11(2)6-8-13/h5-8,10H,4,9H2,1-3H3,(H,20,22). The molecule has 0 fully saturated rings. The molecule has 124 valence electrons. The minimum atomic E-state index is -0.215. The Morgan fingerprint density at radius 2 is 1.96 bits per heavy atom. The largest absolute Gasteiger partial charge is 0.320 e. The van der Waals surface area contributed by atoms with Crippen LogP contribution in [0.15, 0.2) is 34.4 Å². The number of thiazole rings is 1. The van der Waals surface area contributed by atoms with Crippen molar-refractivity contribution in [1.29, 1.82) is 0 Å². The van der Waals surface area contributed by atoms with Gasteiger partial charge in [-0.15, -0.1) is 11.3 Å². The van der Waals surface area contributed by atoms with E-state index in [1.54, 1.807) is 11.3 Å². The van der Waals surface area contributed by atoms with Gasteiger partial charge in [0.25, 0.3) is 5.56 Å². The van der Waals surface area contributed by atoms with E-state index in [2.05, 4.69) is 10.3 Å². The van der Waals surface area contributed by atoms with Gasteiger partial charge < -0.3 is 5.32 Å². The molecule has 2 heterocycles. The molecule has 0 atom stereocenters. The molecule has 0 bridgehead atoms. The van der Waals surface area contributed by atoms with Crippen molar-refractivity contribution < 1.29 is 4.79 Å². The molecule has 0 aliphatic carbocycles. The van der Waals surface area contributed by atoms with Crippen LogP contribution in [0, 0.1) is 13.8 Å². The first-order chi connectivity index (χ1) is 11.5. The predicted octanol–water partition coefficient (Wildman–Crippen LogP) is 3.12. The summed E-state index contributed by atoms with van der Waals surface area (Å²) in [6.45, 7) is 5.73. The molecule has 1 aromatic carbocycles. The van der Waals surface area contributed by atoms with E-state index in [0.29, 0.717) is 10.7 Å². The molecule has 5 nitrogen and oxygen atoms in total. The molecule has 0 saturated carbocycles. The topological polar surface area (TPSA) is 63.5 Å². The maximum Gasteiger partial charge on any atom is 0.282 e. The number of fused-ring (bicyclic) bond motifs is 1. The summed E-state index contributed by atoms with van der Waals surface area (Å²) in [6.07, 6.45) is 0.966. The fraction of sp³-hybridized carbons (Fsp3) is 0.278. The minimum absolute atomic E-state index is 0.214. The highest BCUT2D eigenvalue weighted by atomic mass is 32.1. The van der Waals surface area contributed by atoms with Crippen LogP contribution in [0.3, 0.4) is 0 Å². The van der Waals surface area contributed by atoms with Crippen molar-refractivity contribution in [1.82, 2.24) is 9.38 Å². The molecule has 0 aliphatic heterocycles. The normalized spacial score (nSPS) is 11.0. The first-order valence-corrected chi connectivity index (χ1v) is 8.72. The van der Waals surface area contributed by atoms with Gasteiger partial charge in [0, 0.05) is 11.1 Å². The van der Waals surface area contributed by atoms with E-state index in [1.165, 1.54) is 11.3 Å². The van der Waals surface area contributed by atoms with Crippen molar-refractivity contribution in [2.45, 2.75) is 33.6 Å². The van der Waals surface area contributed by atoms with Crippen LogP contribution in [0.4, 0.5) is 5.69 Å². The number of nitrogens with zero attached hydrogens (tertiary/aromatic N) is 2. The molecule has 0 saturated heterocycles. The second-order valence-electron chi connectivity index (χ2n) is 5.79. The lowest BCUT2D eigenvalue weighted by molar-refractivity contribution is -0.115. The van der Waals surface area contributed by atoms with Gasteiger partial charge in [0.05, 0.1) is 12.1 Å². The van der Waals surface area contributed by atoms with Crippen LogP contribution in [-0.4, -0.2) is 15.3 Å². The zero-order valence-corrected chi connectivity index (χ0v) is 14.7. The molecule has 24 heavy (non-hydrogen) atoms. The molecule has 6 heteroatoms. The highest BCUT2D eigenvalue weighted by Crippen LogP contribution is 2.17. The third kappa shape index (κ3) is 3.10. The summed E-state index contributed by atoms with van der Waals surface area (Å²) in [6, 6.07) is 7.78. The minimum Gasteiger partial charge on any atom is -0.320 e. The monoisotopic (exact) mass is 341 g/mol. The zero-order chi connectivity index (χ0) is 17.3. The number of rotatable bonds is 4. The molecule has 0 unspecified atom stereocenters. The Bertz CT molecular complexity index is 955. The van der Waals surface area contributed by atoms with E-state index in [-0.39, 0.29) is 23.6 Å². The van der Waals surface area contributed by atoms with Gasteiger partial charge in [0.2, 0.25) is 5.91 Å². The van der Waals surface area contributed by atoms with Gasteiger partial charge in [0.15, 0.2) is 4.96 Å².